The third-order valence-corrected chi connectivity index (χ3v) is 4.14. The molecule has 0 radical (unpaired) electrons. The van der Waals surface area contributed by atoms with E-state index in [1.807, 2.05) is 30.5 Å². The zero-order valence-corrected chi connectivity index (χ0v) is 14.2. The number of aryl methyl sites for hydroxylation is 2. The van der Waals surface area contributed by atoms with Crippen LogP contribution in [0.1, 0.15) is 24.0 Å². The molecule has 4 heteroatoms. The third kappa shape index (κ3) is 4.95. The summed E-state index contributed by atoms with van der Waals surface area (Å²) in [6.07, 6.45) is 6.53. The highest BCUT2D eigenvalue weighted by Gasteiger charge is 2.06. The third-order valence-electron chi connectivity index (χ3n) is 4.14. The van der Waals surface area contributed by atoms with Crippen LogP contribution >= 0.6 is 12.4 Å². The van der Waals surface area contributed by atoms with Gasteiger partial charge in [0.2, 0.25) is 0 Å². The van der Waals surface area contributed by atoms with Crippen molar-refractivity contribution in [2.75, 3.05) is 0 Å². The van der Waals surface area contributed by atoms with Gasteiger partial charge in [0.1, 0.15) is 5.75 Å². The van der Waals surface area contributed by atoms with E-state index in [2.05, 4.69) is 17.1 Å². The Kier molecular flexibility index (Phi) is 6.59. The molecule has 126 valence electrons. The maximum atomic E-state index is 10.2. The van der Waals surface area contributed by atoms with Crippen molar-refractivity contribution in [3.05, 3.63) is 72.1 Å². The highest BCUT2D eigenvalue weighted by molar-refractivity contribution is 5.85. The van der Waals surface area contributed by atoms with Crippen molar-refractivity contribution in [2.24, 2.45) is 0 Å². The van der Waals surface area contributed by atoms with Crippen LogP contribution in [0.5, 0.6) is 5.75 Å². The van der Waals surface area contributed by atoms with Gasteiger partial charge in [-0.15, -0.1) is 12.4 Å². The highest BCUT2D eigenvalue weighted by Crippen LogP contribution is 2.22. The van der Waals surface area contributed by atoms with Gasteiger partial charge in [-0.2, -0.15) is 0 Å². The SMILES string of the molecule is Cl.Oc1ccc2cc(CCC(O)CCc3cccnc3)ccc2c1. The molecular formula is C20H22ClNO2. The smallest absolute Gasteiger partial charge is 0.116 e. The van der Waals surface area contributed by atoms with E-state index in [9.17, 15) is 10.2 Å². The minimum absolute atomic E-state index is 0. The van der Waals surface area contributed by atoms with Gasteiger partial charge < -0.3 is 10.2 Å². The monoisotopic (exact) mass is 343 g/mol. The zero-order valence-electron chi connectivity index (χ0n) is 13.4. The molecule has 1 atom stereocenters. The van der Waals surface area contributed by atoms with Crippen LogP contribution in [0.2, 0.25) is 0 Å². The molecule has 0 fully saturated rings. The second-order valence-corrected chi connectivity index (χ2v) is 5.96. The summed E-state index contributed by atoms with van der Waals surface area (Å²) in [5.41, 5.74) is 2.38. The Morgan fingerprint density at radius 2 is 1.58 bits per heavy atom. The molecule has 0 saturated heterocycles. The second-order valence-electron chi connectivity index (χ2n) is 5.96. The fraction of sp³-hybridized carbons (Fsp3) is 0.250. The highest BCUT2D eigenvalue weighted by atomic mass is 35.5. The normalized spacial score (nSPS) is 11.9. The van der Waals surface area contributed by atoms with E-state index in [1.54, 1.807) is 18.3 Å². The van der Waals surface area contributed by atoms with Crippen molar-refractivity contribution >= 4 is 23.2 Å². The average Bonchev–Trinajstić information content (AvgIpc) is 2.59. The summed E-state index contributed by atoms with van der Waals surface area (Å²) >= 11 is 0. The van der Waals surface area contributed by atoms with E-state index in [0.29, 0.717) is 0 Å². The fourth-order valence-electron chi connectivity index (χ4n) is 2.80. The number of aromatic hydroxyl groups is 1. The number of nitrogens with zero attached hydrogens (tertiary/aromatic N) is 1. The van der Waals surface area contributed by atoms with Gasteiger partial charge >= 0.3 is 0 Å². The summed E-state index contributed by atoms with van der Waals surface area (Å²) in [6.45, 7) is 0. The second kappa shape index (κ2) is 8.67. The number of aliphatic hydroxyl groups is 1. The number of phenolic OH excluding ortho intramolecular Hbond substituents is 1. The summed E-state index contributed by atoms with van der Waals surface area (Å²) in [4.78, 5) is 4.09. The molecule has 1 unspecified atom stereocenters. The molecule has 0 aliphatic heterocycles. The summed E-state index contributed by atoms with van der Waals surface area (Å²) < 4.78 is 0. The first-order chi connectivity index (χ1) is 11.2. The summed E-state index contributed by atoms with van der Waals surface area (Å²) in [7, 11) is 0. The Labute approximate surface area is 148 Å². The van der Waals surface area contributed by atoms with E-state index in [4.69, 9.17) is 0 Å². The van der Waals surface area contributed by atoms with Crippen molar-refractivity contribution in [1.82, 2.24) is 4.98 Å². The maximum Gasteiger partial charge on any atom is 0.116 e. The molecule has 3 nitrogen and oxygen atoms in total. The van der Waals surface area contributed by atoms with Gasteiger partial charge in [-0.3, -0.25) is 4.98 Å². The molecule has 0 spiro atoms. The molecule has 3 rings (SSSR count). The van der Waals surface area contributed by atoms with Crippen LogP contribution < -0.4 is 0 Å². The Balaban J connectivity index is 0.00000208. The Hall–Kier alpha value is -2.10. The van der Waals surface area contributed by atoms with Gasteiger partial charge in [-0.1, -0.05) is 30.3 Å². The van der Waals surface area contributed by atoms with Gasteiger partial charge in [-0.25, -0.2) is 0 Å². The molecular weight excluding hydrogens is 322 g/mol. The lowest BCUT2D eigenvalue weighted by Crippen LogP contribution is -2.09. The topological polar surface area (TPSA) is 53.4 Å². The Morgan fingerprint density at radius 1 is 0.875 bits per heavy atom. The molecule has 0 amide bonds. The molecule has 2 aromatic carbocycles. The molecule has 0 aliphatic carbocycles. The van der Waals surface area contributed by atoms with Crippen molar-refractivity contribution in [3.8, 4) is 5.75 Å². The van der Waals surface area contributed by atoms with E-state index < -0.39 is 0 Å². The van der Waals surface area contributed by atoms with Gasteiger partial charge in [0.25, 0.3) is 0 Å². The number of phenols is 1. The first-order valence-electron chi connectivity index (χ1n) is 7.99. The molecule has 24 heavy (non-hydrogen) atoms. The van der Waals surface area contributed by atoms with E-state index >= 15 is 0 Å². The zero-order chi connectivity index (χ0) is 16.1. The van der Waals surface area contributed by atoms with Gasteiger partial charge in [0.05, 0.1) is 6.10 Å². The summed E-state index contributed by atoms with van der Waals surface area (Å²) in [5.74, 6) is 0.288. The molecule has 3 aromatic rings. The van der Waals surface area contributed by atoms with Crippen LogP contribution in [0.15, 0.2) is 60.9 Å². The maximum absolute atomic E-state index is 10.2. The number of pyridine rings is 1. The lowest BCUT2D eigenvalue weighted by atomic mass is 9.99. The van der Waals surface area contributed by atoms with Gasteiger partial charge in [0, 0.05) is 12.4 Å². The molecule has 0 bridgehead atoms. The number of rotatable bonds is 6. The van der Waals surface area contributed by atoms with Crippen LogP contribution in [-0.2, 0) is 12.8 Å². The molecule has 1 aromatic heterocycles. The van der Waals surface area contributed by atoms with Crippen LogP contribution in [0.3, 0.4) is 0 Å². The lowest BCUT2D eigenvalue weighted by Gasteiger charge is -2.11. The fourth-order valence-corrected chi connectivity index (χ4v) is 2.80. The number of aromatic nitrogens is 1. The molecule has 2 N–H and O–H groups in total. The lowest BCUT2D eigenvalue weighted by molar-refractivity contribution is 0.155. The number of halogens is 1. The molecule has 0 aliphatic rings. The summed E-state index contributed by atoms with van der Waals surface area (Å²) in [6, 6.07) is 15.6. The quantitative estimate of drug-likeness (QED) is 0.702. The van der Waals surface area contributed by atoms with Gasteiger partial charge in [-0.05, 0) is 65.8 Å². The van der Waals surface area contributed by atoms with Crippen molar-refractivity contribution < 1.29 is 10.2 Å². The Morgan fingerprint density at radius 3 is 2.33 bits per heavy atom. The van der Waals surface area contributed by atoms with Crippen LogP contribution in [-0.4, -0.2) is 21.3 Å². The van der Waals surface area contributed by atoms with Crippen LogP contribution in [0.25, 0.3) is 10.8 Å². The van der Waals surface area contributed by atoms with Crippen molar-refractivity contribution in [3.63, 3.8) is 0 Å². The van der Waals surface area contributed by atoms with Gasteiger partial charge in [0.15, 0.2) is 0 Å². The Bertz CT molecular complexity index is 777. The van der Waals surface area contributed by atoms with Crippen LogP contribution in [0, 0.1) is 0 Å². The van der Waals surface area contributed by atoms with Crippen molar-refractivity contribution in [2.45, 2.75) is 31.8 Å². The minimum atomic E-state index is -0.300. The van der Waals surface area contributed by atoms with E-state index in [0.717, 1.165) is 42.0 Å². The number of hydrogen-bond donors (Lipinski definition) is 2. The number of hydrogen-bond acceptors (Lipinski definition) is 3. The summed E-state index contributed by atoms with van der Waals surface area (Å²) in [5, 5.41) is 21.8. The van der Waals surface area contributed by atoms with E-state index in [-0.39, 0.29) is 24.3 Å². The van der Waals surface area contributed by atoms with E-state index in [1.165, 1.54) is 5.56 Å². The number of benzene rings is 2. The molecule has 1 heterocycles. The number of aliphatic hydroxyl groups excluding tert-OH is 1. The molecule has 0 saturated carbocycles. The first kappa shape index (κ1) is 18.2. The van der Waals surface area contributed by atoms with Crippen LogP contribution in [0.4, 0.5) is 0 Å². The average molecular weight is 344 g/mol. The first-order valence-corrected chi connectivity index (χ1v) is 7.99. The minimum Gasteiger partial charge on any atom is -0.508 e. The standard InChI is InChI=1S/C20H21NO2.ClH/c22-19(9-5-16-2-1-11-21-14-16)8-4-15-3-6-18-13-20(23)10-7-17(18)12-15;/h1-3,6-7,10-14,19,22-23H,4-5,8-9H2;1H. The predicted octanol–water partition coefficient (Wildman–Crippen LogP) is 4.29. The van der Waals surface area contributed by atoms with Crippen molar-refractivity contribution in [1.29, 1.82) is 0 Å². The number of fused-ring (bicyclic) bond motifs is 1. The largest absolute Gasteiger partial charge is 0.508 e. The predicted molar refractivity (Wildman–Crippen MR) is 99.7 cm³/mol.